The number of benzene rings is 2. The highest BCUT2D eigenvalue weighted by atomic mass is 16.7. The highest BCUT2D eigenvalue weighted by Gasteiger charge is 2.53. The number of methoxy groups -OCH3 is 1. The van der Waals surface area contributed by atoms with Gasteiger partial charge in [-0.05, 0) is 31.4 Å². The predicted octanol–water partition coefficient (Wildman–Crippen LogP) is 2.21. The molecule has 2 aromatic carbocycles. The summed E-state index contributed by atoms with van der Waals surface area (Å²) in [6, 6.07) is 7.85. The Morgan fingerprint density at radius 2 is 1.72 bits per heavy atom. The molecule has 2 N–H and O–H groups in total. The van der Waals surface area contributed by atoms with Crippen molar-refractivity contribution in [2.24, 2.45) is 0 Å². The van der Waals surface area contributed by atoms with Gasteiger partial charge in [-0.1, -0.05) is 24.3 Å². The maximum Gasteiger partial charge on any atom is 0.313 e. The van der Waals surface area contributed by atoms with Gasteiger partial charge in [-0.2, -0.15) is 0 Å². The van der Waals surface area contributed by atoms with Crippen molar-refractivity contribution in [3.8, 4) is 5.75 Å². The number of phenolic OH excluding ortho intramolecular Hbond substituents is 1. The summed E-state index contributed by atoms with van der Waals surface area (Å²) in [7, 11) is 1.15. The van der Waals surface area contributed by atoms with Crippen LogP contribution in [0.15, 0.2) is 30.3 Å². The Morgan fingerprint density at radius 1 is 1.08 bits per heavy atom. The third-order valence-corrected chi connectivity index (χ3v) is 7.36. The first kappa shape index (κ1) is 24.3. The number of esters is 1. The molecule has 9 heteroatoms. The SMILES string of the molecule is COC(=O)CC(=O)[C@@H]1c2c(cc3c(c2O)C(=O)c2ccccc2C3=O)CC[C@@]1(O)CC1(C)OCCO1. The van der Waals surface area contributed by atoms with Crippen LogP contribution >= 0.6 is 0 Å². The van der Waals surface area contributed by atoms with Crippen molar-refractivity contribution < 1.29 is 43.6 Å². The second-order valence-electron chi connectivity index (χ2n) is 9.69. The number of Topliss-reactive ketones (excluding diaryl/α,β-unsaturated/α-hetero) is 1. The Hall–Kier alpha value is -3.40. The Kier molecular flexibility index (Phi) is 5.82. The maximum atomic E-state index is 13.5. The van der Waals surface area contributed by atoms with E-state index in [9.17, 15) is 29.4 Å². The molecule has 0 aromatic heterocycles. The van der Waals surface area contributed by atoms with E-state index in [2.05, 4.69) is 4.74 Å². The van der Waals surface area contributed by atoms with Crippen molar-refractivity contribution in [3.63, 3.8) is 0 Å². The molecule has 0 spiro atoms. The average molecular weight is 494 g/mol. The number of ether oxygens (including phenoxy) is 3. The van der Waals surface area contributed by atoms with Gasteiger partial charge < -0.3 is 24.4 Å². The summed E-state index contributed by atoms with van der Waals surface area (Å²) in [6.07, 6.45) is -0.457. The molecule has 9 nitrogen and oxygen atoms in total. The van der Waals surface area contributed by atoms with Crippen LogP contribution in [0, 0.1) is 0 Å². The van der Waals surface area contributed by atoms with E-state index in [-0.39, 0.29) is 47.1 Å². The quantitative estimate of drug-likeness (QED) is 0.404. The molecule has 3 aliphatic rings. The fourth-order valence-electron chi connectivity index (χ4n) is 5.78. The van der Waals surface area contributed by atoms with Gasteiger partial charge in [0.25, 0.3) is 0 Å². The number of hydrogen-bond acceptors (Lipinski definition) is 9. The lowest BCUT2D eigenvalue weighted by atomic mass is 9.65. The van der Waals surface area contributed by atoms with E-state index in [1.807, 2.05) is 0 Å². The van der Waals surface area contributed by atoms with Crippen molar-refractivity contribution in [1.82, 2.24) is 0 Å². The van der Waals surface area contributed by atoms with Crippen LogP contribution in [-0.4, -0.2) is 65.2 Å². The first-order valence-electron chi connectivity index (χ1n) is 11.8. The number of phenols is 1. The monoisotopic (exact) mass is 494 g/mol. The summed E-state index contributed by atoms with van der Waals surface area (Å²) in [6.45, 7) is 2.29. The molecular formula is C27H26O9. The zero-order valence-electron chi connectivity index (χ0n) is 20.0. The van der Waals surface area contributed by atoms with Crippen LogP contribution in [0.4, 0.5) is 0 Å². The lowest BCUT2D eigenvalue weighted by molar-refractivity contribution is -0.189. The number of aryl methyl sites for hydroxylation is 1. The van der Waals surface area contributed by atoms with Crippen LogP contribution in [0.5, 0.6) is 5.75 Å². The van der Waals surface area contributed by atoms with Crippen LogP contribution in [0.2, 0.25) is 0 Å². The zero-order chi connectivity index (χ0) is 25.8. The number of carbonyl (C=O) groups excluding carboxylic acids is 4. The molecule has 2 atom stereocenters. The van der Waals surface area contributed by atoms with Gasteiger partial charge in [0, 0.05) is 28.7 Å². The van der Waals surface area contributed by atoms with Gasteiger partial charge in [0.05, 0.1) is 37.4 Å². The van der Waals surface area contributed by atoms with Gasteiger partial charge >= 0.3 is 5.97 Å². The smallest absolute Gasteiger partial charge is 0.313 e. The molecule has 2 aliphatic carbocycles. The van der Waals surface area contributed by atoms with Crippen molar-refractivity contribution >= 4 is 23.3 Å². The van der Waals surface area contributed by atoms with Crippen LogP contribution in [0.3, 0.4) is 0 Å². The molecule has 36 heavy (non-hydrogen) atoms. The van der Waals surface area contributed by atoms with Crippen LogP contribution in [-0.2, 0) is 30.2 Å². The highest BCUT2D eigenvalue weighted by Crippen LogP contribution is 2.51. The van der Waals surface area contributed by atoms with Gasteiger partial charge in [-0.15, -0.1) is 0 Å². The minimum atomic E-state index is -1.76. The van der Waals surface area contributed by atoms with Crippen LogP contribution in [0.25, 0.3) is 0 Å². The maximum absolute atomic E-state index is 13.5. The van der Waals surface area contributed by atoms with E-state index in [4.69, 9.17) is 9.47 Å². The average Bonchev–Trinajstić information content (AvgIpc) is 3.27. The van der Waals surface area contributed by atoms with Crippen molar-refractivity contribution in [2.45, 2.75) is 49.9 Å². The number of aromatic hydroxyl groups is 1. The summed E-state index contributed by atoms with van der Waals surface area (Å²) < 4.78 is 16.0. The number of rotatable bonds is 5. The van der Waals surface area contributed by atoms with Gasteiger partial charge in [0.1, 0.15) is 12.2 Å². The Labute approximate surface area is 207 Å². The second-order valence-corrected chi connectivity index (χ2v) is 9.69. The summed E-state index contributed by atoms with van der Waals surface area (Å²) in [5.74, 6) is -5.53. The fourth-order valence-corrected chi connectivity index (χ4v) is 5.78. The lowest BCUT2D eigenvalue weighted by Gasteiger charge is -2.44. The van der Waals surface area contributed by atoms with E-state index < -0.39 is 52.8 Å². The highest BCUT2D eigenvalue weighted by molar-refractivity contribution is 6.29. The molecule has 0 radical (unpaired) electrons. The summed E-state index contributed by atoms with van der Waals surface area (Å²) >= 11 is 0. The summed E-state index contributed by atoms with van der Waals surface area (Å²) in [4.78, 5) is 52.1. The number of ketones is 3. The van der Waals surface area contributed by atoms with Crippen molar-refractivity contribution in [1.29, 1.82) is 0 Å². The molecule has 188 valence electrons. The number of fused-ring (bicyclic) bond motifs is 3. The van der Waals surface area contributed by atoms with Crippen molar-refractivity contribution in [3.05, 3.63) is 63.7 Å². The normalized spacial score (nSPS) is 24.0. The van der Waals surface area contributed by atoms with Crippen LogP contribution in [0.1, 0.15) is 75.1 Å². The van der Waals surface area contributed by atoms with Gasteiger partial charge in [0.2, 0.25) is 0 Å². The van der Waals surface area contributed by atoms with Crippen molar-refractivity contribution in [2.75, 3.05) is 20.3 Å². The summed E-state index contributed by atoms with van der Waals surface area (Å²) in [5, 5.41) is 23.3. The third-order valence-electron chi connectivity index (χ3n) is 7.36. The topological polar surface area (TPSA) is 136 Å². The molecule has 0 bridgehead atoms. The Balaban J connectivity index is 1.68. The fraction of sp³-hybridized carbons (Fsp3) is 0.407. The predicted molar refractivity (Wildman–Crippen MR) is 124 cm³/mol. The number of aliphatic hydroxyl groups is 1. The molecule has 2 aromatic rings. The minimum absolute atomic E-state index is 0.0403. The van der Waals surface area contributed by atoms with E-state index >= 15 is 0 Å². The molecular weight excluding hydrogens is 468 g/mol. The standard InChI is InChI=1S/C27H26O9/c1-26(35-9-10-36-26)13-27(33)8-7-14-11-17-21(24(31)16-6-4-3-5-15(16)23(17)30)25(32)20(14)22(27)18(28)12-19(29)34-2/h3-6,11,22,32-33H,7-10,12-13H2,1-2H3/t22-,27-/m1/s1. The molecule has 1 fully saturated rings. The van der Waals surface area contributed by atoms with Crippen LogP contribution < -0.4 is 0 Å². The molecule has 5 rings (SSSR count). The number of carbonyl (C=O) groups is 4. The van der Waals surface area contributed by atoms with E-state index in [1.54, 1.807) is 25.1 Å². The molecule has 1 saturated heterocycles. The Morgan fingerprint density at radius 3 is 2.36 bits per heavy atom. The van der Waals surface area contributed by atoms with Gasteiger partial charge in [0.15, 0.2) is 23.1 Å². The molecule has 0 unspecified atom stereocenters. The second kappa shape index (κ2) is 8.62. The lowest BCUT2D eigenvalue weighted by Crippen LogP contribution is -2.50. The molecule has 0 amide bonds. The number of hydrogen-bond donors (Lipinski definition) is 2. The van der Waals surface area contributed by atoms with Gasteiger partial charge in [-0.3, -0.25) is 19.2 Å². The summed E-state index contributed by atoms with van der Waals surface area (Å²) in [5.41, 5.74) is -1.04. The largest absolute Gasteiger partial charge is 0.507 e. The third kappa shape index (κ3) is 3.75. The zero-order valence-corrected chi connectivity index (χ0v) is 20.0. The molecule has 1 heterocycles. The Bertz CT molecular complexity index is 1300. The van der Waals surface area contributed by atoms with E-state index in [1.165, 1.54) is 12.1 Å². The molecule has 1 aliphatic heterocycles. The van der Waals surface area contributed by atoms with E-state index in [0.29, 0.717) is 18.8 Å². The van der Waals surface area contributed by atoms with E-state index in [0.717, 1.165) is 7.11 Å². The first-order chi connectivity index (χ1) is 17.1. The molecule has 0 saturated carbocycles. The minimum Gasteiger partial charge on any atom is -0.507 e. The first-order valence-corrected chi connectivity index (χ1v) is 11.8. The van der Waals surface area contributed by atoms with Gasteiger partial charge in [-0.25, -0.2) is 0 Å².